The lowest BCUT2D eigenvalue weighted by atomic mass is 10.2. The number of rotatable bonds is 8. The van der Waals surface area contributed by atoms with Crippen LogP contribution >= 0.6 is 11.8 Å². The lowest BCUT2D eigenvalue weighted by molar-refractivity contribution is -0.132. The van der Waals surface area contributed by atoms with Crippen LogP contribution in [0.4, 0.5) is 5.69 Å². The number of nitrogens with one attached hydrogen (secondary N) is 1. The highest BCUT2D eigenvalue weighted by Gasteiger charge is 2.20. The second kappa shape index (κ2) is 10.3. The van der Waals surface area contributed by atoms with Crippen molar-refractivity contribution in [2.24, 2.45) is 0 Å². The van der Waals surface area contributed by atoms with Gasteiger partial charge in [-0.15, -0.1) is 10.2 Å². The summed E-state index contributed by atoms with van der Waals surface area (Å²) in [5.41, 5.74) is 0.605. The predicted molar refractivity (Wildman–Crippen MR) is 109 cm³/mol. The molecule has 2 heterocycles. The molecule has 1 aromatic carbocycles. The summed E-state index contributed by atoms with van der Waals surface area (Å²) in [5, 5.41) is 11.8. The third-order valence-corrected chi connectivity index (χ3v) is 5.45. The van der Waals surface area contributed by atoms with Gasteiger partial charge in [-0.3, -0.25) is 9.59 Å². The minimum absolute atomic E-state index is 0.0550. The van der Waals surface area contributed by atoms with E-state index >= 15 is 0 Å². The fourth-order valence-corrected chi connectivity index (χ4v) is 3.91. The number of aromatic nitrogens is 3. The maximum Gasteiger partial charge on any atom is 0.233 e. The monoisotopic (exact) mass is 419 g/mol. The predicted octanol–water partition coefficient (Wildman–Crippen LogP) is 1.44. The van der Waals surface area contributed by atoms with Gasteiger partial charge >= 0.3 is 0 Å². The zero-order valence-electron chi connectivity index (χ0n) is 16.6. The third-order valence-electron chi connectivity index (χ3n) is 4.50. The van der Waals surface area contributed by atoms with Crippen LogP contribution in [-0.4, -0.2) is 70.6 Å². The van der Waals surface area contributed by atoms with Gasteiger partial charge in [0, 0.05) is 19.6 Å². The average molecular weight is 420 g/mol. The van der Waals surface area contributed by atoms with Crippen LogP contribution in [0.2, 0.25) is 0 Å². The molecule has 1 aromatic heterocycles. The van der Waals surface area contributed by atoms with Gasteiger partial charge in [0.05, 0.1) is 38.2 Å². The molecule has 29 heavy (non-hydrogen) atoms. The van der Waals surface area contributed by atoms with E-state index in [1.165, 1.54) is 11.8 Å². The van der Waals surface area contributed by atoms with Crippen molar-refractivity contribution < 1.29 is 19.1 Å². The number of nitrogens with zero attached hydrogens (tertiary/aromatic N) is 4. The van der Waals surface area contributed by atoms with Crippen molar-refractivity contribution in [2.75, 3.05) is 44.5 Å². The number of carbonyl (C=O) groups excluding carboxylic acids is 2. The number of hydrogen-bond donors (Lipinski definition) is 1. The molecule has 3 rings (SSSR count). The number of methoxy groups -OCH3 is 1. The molecule has 1 N–H and O–H groups in total. The highest BCUT2D eigenvalue weighted by atomic mass is 32.2. The van der Waals surface area contributed by atoms with E-state index < -0.39 is 0 Å². The highest BCUT2D eigenvalue weighted by molar-refractivity contribution is 7.99. The molecule has 9 nitrogen and oxygen atoms in total. The van der Waals surface area contributed by atoms with Crippen LogP contribution in [0.3, 0.4) is 0 Å². The van der Waals surface area contributed by atoms with Crippen LogP contribution < -0.4 is 10.1 Å². The first kappa shape index (κ1) is 21.1. The van der Waals surface area contributed by atoms with Crippen LogP contribution in [0.5, 0.6) is 5.75 Å². The van der Waals surface area contributed by atoms with Crippen molar-refractivity contribution in [1.82, 2.24) is 19.7 Å². The summed E-state index contributed by atoms with van der Waals surface area (Å²) < 4.78 is 12.4. The topological polar surface area (TPSA) is 98.6 Å². The largest absolute Gasteiger partial charge is 0.495 e. The van der Waals surface area contributed by atoms with Gasteiger partial charge in [0.15, 0.2) is 5.16 Å². The Morgan fingerprint density at radius 2 is 2.00 bits per heavy atom. The number of thioether (sulfide) groups is 1. The second-order valence-corrected chi connectivity index (χ2v) is 7.29. The van der Waals surface area contributed by atoms with Crippen molar-refractivity contribution in [3.05, 3.63) is 30.1 Å². The van der Waals surface area contributed by atoms with Crippen LogP contribution in [0.15, 0.2) is 29.4 Å². The SMILES string of the molecule is CCn1c(CC(=O)Nc2ccccc2OC)nnc1SCC(=O)N1CCOCC1. The standard InChI is InChI=1S/C19H25N5O4S/c1-3-24-16(12-17(25)20-14-6-4-5-7-15(14)27-2)21-22-19(24)29-13-18(26)23-8-10-28-11-9-23/h4-7H,3,8-13H2,1-2H3,(H,20,25). The Hall–Kier alpha value is -2.59. The quantitative estimate of drug-likeness (QED) is 0.647. The molecule has 1 saturated heterocycles. The maximum absolute atomic E-state index is 12.5. The Morgan fingerprint density at radius 1 is 1.24 bits per heavy atom. The zero-order valence-corrected chi connectivity index (χ0v) is 17.4. The lowest BCUT2D eigenvalue weighted by Gasteiger charge is -2.26. The van der Waals surface area contributed by atoms with Crippen molar-refractivity contribution >= 4 is 29.3 Å². The Bertz CT molecular complexity index is 851. The van der Waals surface area contributed by atoms with Gasteiger partial charge in [0.1, 0.15) is 11.6 Å². The van der Waals surface area contributed by atoms with Gasteiger partial charge in [0.2, 0.25) is 11.8 Å². The first-order chi connectivity index (χ1) is 14.1. The van der Waals surface area contributed by atoms with E-state index in [0.717, 1.165) is 0 Å². The Labute approximate surface area is 173 Å². The van der Waals surface area contributed by atoms with E-state index in [2.05, 4.69) is 15.5 Å². The smallest absolute Gasteiger partial charge is 0.233 e. The number of amides is 2. The number of morpholine rings is 1. The van der Waals surface area contributed by atoms with E-state index in [0.29, 0.717) is 55.3 Å². The Morgan fingerprint density at radius 3 is 2.72 bits per heavy atom. The van der Waals surface area contributed by atoms with Crippen molar-refractivity contribution in [2.45, 2.75) is 25.0 Å². The fourth-order valence-electron chi connectivity index (χ4n) is 2.99. The molecule has 156 valence electrons. The average Bonchev–Trinajstić information content (AvgIpc) is 3.14. The van der Waals surface area contributed by atoms with Gasteiger partial charge in [-0.05, 0) is 19.1 Å². The van der Waals surface area contributed by atoms with E-state index in [-0.39, 0.29) is 24.0 Å². The lowest BCUT2D eigenvalue weighted by Crippen LogP contribution is -2.41. The molecule has 0 spiro atoms. The molecule has 1 fully saturated rings. The van der Waals surface area contributed by atoms with Crippen molar-refractivity contribution in [1.29, 1.82) is 0 Å². The summed E-state index contributed by atoms with van der Waals surface area (Å²) in [4.78, 5) is 26.6. The summed E-state index contributed by atoms with van der Waals surface area (Å²) in [7, 11) is 1.56. The van der Waals surface area contributed by atoms with Crippen LogP contribution in [0, 0.1) is 0 Å². The molecular weight excluding hydrogens is 394 g/mol. The summed E-state index contributed by atoms with van der Waals surface area (Å²) in [6.45, 7) is 4.96. The van der Waals surface area contributed by atoms with E-state index in [1.54, 1.807) is 24.1 Å². The molecule has 1 aliphatic rings. The molecular formula is C19H25N5O4S. The van der Waals surface area contributed by atoms with Gasteiger partial charge < -0.3 is 24.3 Å². The van der Waals surface area contributed by atoms with Crippen molar-refractivity contribution in [3.63, 3.8) is 0 Å². The van der Waals surface area contributed by atoms with Crippen LogP contribution in [0.1, 0.15) is 12.7 Å². The number of ether oxygens (including phenoxy) is 2. The van der Waals surface area contributed by atoms with E-state index in [9.17, 15) is 9.59 Å². The van der Waals surface area contributed by atoms with E-state index in [1.807, 2.05) is 23.6 Å². The summed E-state index contributed by atoms with van der Waals surface area (Å²) in [6, 6.07) is 7.22. The van der Waals surface area contributed by atoms with Gasteiger partial charge in [0.25, 0.3) is 0 Å². The number of anilines is 1. The van der Waals surface area contributed by atoms with Crippen LogP contribution in [0.25, 0.3) is 0 Å². The van der Waals surface area contributed by atoms with Crippen LogP contribution in [-0.2, 0) is 27.3 Å². The van der Waals surface area contributed by atoms with E-state index in [4.69, 9.17) is 9.47 Å². The molecule has 0 aliphatic carbocycles. The molecule has 2 amide bonds. The molecule has 0 atom stereocenters. The summed E-state index contributed by atoms with van der Waals surface area (Å²) in [6.07, 6.45) is 0.0802. The molecule has 0 unspecified atom stereocenters. The number of para-hydroxylation sites is 2. The third kappa shape index (κ3) is 5.48. The summed E-state index contributed by atoms with van der Waals surface area (Å²) >= 11 is 1.34. The summed E-state index contributed by atoms with van der Waals surface area (Å²) in [5.74, 6) is 1.28. The number of hydrogen-bond acceptors (Lipinski definition) is 7. The second-order valence-electron chi connectivity index (χ2n) is 6.35. The molecule has 0 radical (unpaired) electrons. The minimum atomic E-state index is -0.211. The normalized spacial score (nSPS) is 13.9. The highest BCUT2D eigenvalue weighted by Crippen LogP contribution is 2.23. The minimum Gasteiger partial charge on any atom is -0.495 e. The fraction of sp³-hybridized carbons (Fsp3) is 0.474. The zero-order chi connectivity index (χ0) is 20.6. The van der Waals surface area contributed by atoms with Gasteiger partial charge in [-0.1, -0.05) is 23.9 Å². The number of benzene rings is 1. The van der Waals surface area contributed by atoms with Gasteiger partial charge in [-0.25, -0.2) is 0 Å². The molecule has 10 heteroatoms. The maximum atomic E-state index is 12.5. The molecule has 0 bridgehead atoms. The first-order valence-electron chi connectivity index (χ1n) is 9.45. The van der Waals surface area contributed by atoms with Crippen molar-refractivity contribution in [3.8, 4) is 5.75 Å². The first-order valence-corrected chi connectivity index (χ1v) is 10.4. The van der Waals surface area contributed by atoms with Gasteiger partial charge in [-0.2, -0.15) is 0 Å². The molecule has 0 saturated carbocycles. The Kier molecular flexibility index (Phi) is 7.48. The molecule has 2 aromatic rings. The number of carbonyl (C=O) groups is 2. The molecule has 1 aliphatic heterocycles. The Balaban J connectivity index is 1.60.